The van der Waals surface area contributed by atoms with Crippen molar-refractivity contribution in [2.45, 2.75) is 20.0 Å². The molecule has 1 heteroatoms. The van der Waals surface area contributed by atoms with Crippen LogP contribution in [0.1, 0.15) is 13.8 Å². The first-order chi connectivity index (χ1) is 3.68. The molecular weight excluding hydrogens is 100 g/mol. The molecule has 8 heavy (non-hydrogen) atoms. The van der Waals surface area contributed by atoms with Crippen molar-refractivity contribution in [3.63, 3.8) is 0 Å². The van der Waals surface area contributed by atoms with Gasteiger partial charge in [0.1, 0.15) is 0 Å². The Morgan fingerprint density at radius 1 is 1.50 bits per heavy atom. The third kappa shape index (κ3) is 3.03. The molecule has 0 aromatic carbocycles. The van der Waals surface area contributed by atoms with Crippen molar-refractivity contribution in [3.8, 4) is 0 Å². The lowest BCUT2D eigenvalue weighted by Gasteiger charge is -2.13. The van der Waals surface area contributed by atoms with E-state index in [4.69, 9.17) is 4.74 Å². The highest BCUT2D eigenvalue weighted by atomic mass is 16.5. The van der Waals surface area contributed by atoms with Gasteiger partial charge in [-0.1, -0.05) is 6.92 Å². The smallest absolute Gasteiger partial charge is 0.0601 e. The first-order valence-electron chi connectivity index (χ1n) is 2.96. The van der Waals surface area contributed by atoms with E-state index in [2.05, 4.69) is 13.8 Å². The van der Waals surface area contributed by atoms with Crippen molar-refractivity contribution in [1.82, 2.24) is 0 Å². The Bertz CT molecular complexity index is 50.3. The fourth-order valence-corrected chi connectivity index (χ4v) is 0.378. The van der Waals surface area contributed by atoms with Crippen LogP contribution in [-0.2, 0) is 4.74 Å². The van der Waals surface area contributed by atoms with Gasteiger partial charge >= 0.3 is 0 Å². The van der Waals surface area contributed by atoms with E-state index in [1.165, 1.54) is 0 Å². The molecule has 48 valence electrons. The first-order valence-corrected chi connectivity index (χ1v) is 2.96. The van der Waals surface area contributed by atoms with Crippen molar-refractivity contribution in [3.05, 3.63) is 13.8 Å². The standard InChI is InChI=1S/C7H14O/c1-5-8-7(4)6(2)3/h6-7H,2,4-5H2,1,3H3. The van der Waals surface area contributed by atoms with Crippen LogP contribution in [0.2, 0.25) is 0 Å². The largest absolute Gasteiger partial charge is 0.378 e. The molecule has 2 unspecified atom stereocenters. The fraction of sp³-hybridized carbons (Fsp3) is 0.714. The maximum atomic E-state index is 5.13. The lowest BCUT2D eigenvalue weighted by molar-refractivity contribution is 0.0699. The second kappa shape index (κ2) is 3.90. The van der Waals surface area contributed by atoms with Gasteiger partial charge < -0.3 is 4.74 Å². The van der Waals surface area contributed by atoms with Crippen LogP contribution in [0, 0.1) is 19.8 Å². The number of hydrogen-bond donors (Lipinski definition) is 0. The highest BCUT2D eigenvalue weighted by Gasteiger charge is 2.04. The zero-order valence-corrected chi connectivity index (χ0v) is 5.68. The Morgan fingerprint density at radius 3 is 2.12 bits per heavy atom. The summed E-state index contributed by atoms with van der Waals surface area (Å²) in [6.07, 6.45) is 0.0556. The molecule has 2 atom stereocenters. The second-order valence-corrected chi connectivity index (χ2v) is 1.97. The van der Waals surface area contributed by atoms with Gasteiger partial charge in [0.2, 0.25) is 0 Å². The Kier molecular flexibility index (Phi) is 3.88. The summed E-state index contributed by atoms with van der Waals surface area (Å²) in [7, 11) is 0. The van der Waals surface area contributed by atoms with Crippen LogP contribution in [0.4, 0.5) is 0 Å². The van der Waals surface area contributed by atoms with Gasteiger partial charge in [0.15, 0.2) is 0 Å². The third-order valence-corrected chi connectivity index (χ3v) is 1.02. The Balaban J connectivity index is 3.17. The molecule has 0 fully saturated rings. The summed E-state index contributed by atoms with van der Waals surface area (Å²) in [6.45, 7) is 12.2. The predicted octanol–water partition coefficient (Wildman–Crippen LogP) is 1.70. The summed E-state index contributed by atoms with van der Waals surface area (Å²) in [5, 5.41) is 0. The van der Waals surface area contributed by atoms with Crippen molar-refractivity contribution in [2.75, 3.05) is 6.61 Å². The topological polar surface area (TPSA) is 9.23 Å². The van der Waals surface area contributed by atoms with Crippen molar-refractivity contribution >= 4 is 0 Å². The van der Waals surface area contributed by atoms with E-state index in [9.17, 15) is 0 Å². The molecule has 1 nitrogen and oxygen atoms in total. The van der Waals surface area contributed by atoms with Crippen LogP contribution < -0.4 is 0 Å². The van der Waals surface area contributed by atoms with Gasteiger partial charge in [-0.2, -0.15) is 0 Å². The Morgan fingerprint density at radius 2 is 2.00 bits per heavy atom. The molecule has 0 spiro atoms. The minimum Gasteiger partial charge on any atom is -0.378 e. The van der Waals surface area contributed by atoms with Crippen LogP contribution in [-0.4, -0.2) is 12.7 Å². The van der Waals surface area contributed by atoms with Gasteiger partial charge in [-0.05, 0) is 26.7 Å². The van der Waals surface area contributed by atoms with E-state index in [0.717, 1.165) is 6.61 Å². The van der Waals surface area contributed by atoms with Crippen LogP contribution in [0.15, 0.2) is 0 Å². The molecule has 0 amide bonds. The third-order valence-electron chi connectivity index (χ3n) is 1.02. The minimum atomic E-state index is 0.0556. The van der Waals surface area contributed by atoms with E-state index in [1.54, 1.807) is 0 Å². The minimum absolute atomic E-state index is 0.0556. The summed E-state index contributed by atoms with van der Waals surface area (Å²) < 4.78 is 5.13. The average molecular weight is 114 g/mol. The summed E-state index contributed by atoms with van der Waals surface area (Å²) in [5.41, 5.74) is 0. The van der Waals surface area contributed by atoms with Crippen LogP contribution in [0.3, 0.4) is 0 Å². The van der Waals surface area contributed by atoms with Crippen LogP contribution in [0.25, 0.3) is 0 Å². The van der Waals surface area contributed by atoms with Crippen LogP contribution in [0.5, 0.6) is 0 Å². The predicted molar refractivity (Wildman–Crippen MR) is 35.3 cm³/mol. The zero-order valence-electron chi connectivity index (χ0n) is 5.68. The highest BCUT2D eigenvalue weighted by molar-refractivity contribution is 4.69. The Labute approximate surface area is 52.0 Å². The Hall–Kier alpha value is -0.0400. The molecule has 0 saturated heterocycles. The SMILES string of the molecule is [CH2]C(C)C([CH2])OCC. The lowest BCUT2D eigenvalue weighted by Crippen LogP contribution is -2.15. The molecule has 0 heterocycles. The van der Waals surface area contributed by atoms with Gasteiger partial charge in [0, 0.05) is 6.61 Å². The van der Waals surface area contributed by atoms with Crippen LogP contribution >= 0.6 is 0 Å². The van der Waals surface area contributed by atoms with E-state index in [0.29, 0.717) is 0 Å². The summed E-state index contributed by atoms with van der Waals surface area (Å²) in [6, 6.07) is 0. The molecule has 0 aliphatic carbocycles. The summed E-state index contributed by atoms with van der Waals surface area (Å²) >= 11 is 0. The average Bonchev–Trinajstić information content (AvgIpc) is 1.67. The lowest BCUT2D eigenvalue weighted by atomic mass is 10.1. The fourth-order valence-electron chi connectivity index (χ4n) is 0.378. The number of hydrogen-bond acceptors (Lipinski definition) is 1. The molecule has 0 rings (SSSR count). The quantitative estimate of drug-likeness (QED) is 0.542. The van der Waals surface area contributed by atoms with Gasteiger partial charge in [-0.15, -0.1) is 0 Å². The van der Waals surface area contributed by atoms with E-state index < -0.39 is 0 Å². The molecule has 2 radical (unpaired) electrons. The van der Waals surface area contributed by atoms with Gasteiger partial charge in [-0.25, -0.2) is 0 Å². The molecule has 0 aromatic rings. The molecule has 0 saturated carbocycles. The maximum Gasteiger partial charge on any atom is 0.0601 e. The molecule has 0 aliphatic rings. The van der Waals surface area contributed by atoms with Gasteiger partial charge in [-0.3, -0.25) is 0 Å². The first kappa shape index (κ1) is 7.96. The highest BCUT2D eigenvalue weighted by Crippen LogP contribution is 2.02. The number of rotatable bonds is 3. The van der Waals surface area contributed by atoms with Crippen molar-refractivity contribution in [2.24, 2.45) is 5.92 Å². The van der Waals surface area contributed by atoms with Gasteiger partial charge in [0.05, 0.1) is 6.10 Å². The van der Waals surface area contributed by atoms with Gasteiger partial charge in [0.25, 0.3) is 0 Å². The van der Waals surface area contributed by atoms with E-state index >= 15 is 0 Å². The van der Waals surface area contributed by atoms with E-state index in [-0.39, 0.29) is 12.0 Å². The molecular formula is C7H14O. The number of ether oxygens (including phenoxy) is 1. The molecule has 0 bridgehead atoms. The second-order valence-electron chi connectivity index (χ2n) is 1.97. The zero-order chi connectivity index (χ0) is 6.57. The normalized spacial score (nSPS) is 14.6. The maximum absolute atomic E-state index is 5.13. The molecule has 0 N–H and O–H groups in total. The summed E-state index contributed by atoms with van der Waals surface area (Å²) in [4.78, 5) is 0. The monoisotopic (exact) mass is 114 g/mol. The van der Waals surface area contributed by atoms with E-state index in [1.807, 2.05) is 13.8 Å². The molecule has 0 aliphatic heterocycles. The summed E-state index contributed by atoms with van der Waals surface area (Å²) in [5.74, 6) is 0.287. The van der Waals surface area contributed by atoms with Crippen molar-refractivity contribution in [1.29, 1.82) is 0 Å². The molecule has 0 aromatic heterocycles. The van der Waals surface area contributed by atoms with Crippen molar-refractivity contribution < 1.29 is 4.74 Å².